The highest BCUT2D eigenvalue weighted by molar-refractivity contribution is 6.78. The second-order valence-electron chi connectivity index (χ2n) is 11.7. The van der Waals surface area contributed by atoms with E-state index in [-0.39, 0.29) is 0 Å². The molecule has 0 unspecified atom stereocenters. The normalized spacial score (nSPS) is 12.9. The van der Waals surface area contributed by atoms with Crippen LogP contribution in [0.25, 0.3) is 0 Å². The molecule has 0 aliphatic carbocycles. The fourth-order valence-electron chi connectivity index (χ4n) is 6.79. The minimum Gasteiger partial charge on any atom is -0.0669 e. The van der Waals surface area contributed by atoms with Gasteiger partial charge in [0.05, 0.1) is 0 Å². The van der Waals surface area contributed by atoms with Gasteiger partial charge in [-0.25, -0.2) is 0 Å². The maximum Gasteiger partial charge on any atom is 0.0312 e. The summed E-state index contributed by atoms with van der Waals surface area (Å²) in [4.78, 5) is 0.876. The van der Waals surface area contributed by atoms with Crippen LogP contribution in [-0.4, -0.2) is 28.6 Å². The van der Waals surface area contributed by atoms with Crippen molar-refractivity contribution in [1.29, 1.82) is 0 Å². The van der Waals surface area contributed by atoms with Gasteiger partial charge in [-0.2, -0.15) is 0 Å². The van der Waals surface area contributed by atoms with E-state index in [1.807, 2.05) is 0 Å². The van der Waals surface area contributed by atoms with Gasteiger partial charge in [0, 0.05) is 28.6 Å². The maximum atomic E-state index is 2.38. The van der Waals surface area contributed by atoms with Gasteiger partial charge in [0.1, 0.15) is 0 Å². The molecule has 0 aliphatic heterocycles. The Bertz CT molecular complexity index is 1310. The average Bonchev–Trinajstić information content (AvgIpc) is 3.10. The summed E-state index contributed by atoms with van der Waals surface area (Å²) in [6.07, 6.45) is 0. The number of benzene rings is 6. The molecule has 0 aliphatic rings. The predicted octanol–water partition coefficient (Wildman–Crippen LogP) is 7.57. The van der Waals surface area contributed by atoms with Gasteiger partial charge in [-0.15, -0.1) is 0 Å². The molecule has 6 aromatic rings. The summed E-state index contributed by atoms with van der Waals surface area (Å²) in [6.45, 7) is 0. The first kappa shape index (κ1) is 29.1. The molecule has 0 amide bonds. The Kier molecular flexibility index (Phi) is 10.1. The average molecular weight is 605 g/mol. The summed E-state index contributed by atoms with van der Waals surface area (Å²) in [7, 11) is -1.62. The molecule has 0 radical (unpaired) electrons. The summed E-state index contributed by atoms with van der Waals surface area (Å²) in [5.41, 5.74) is 10.6. The first-order valence-electron chi connectivity index (χ1n) is 15.6. The molecule has 0 heterocycles. The van der Waals surface area contributed by atoms with Crippen molar-refractivity contribution in [2.75, 3.05) is 0 Å². The second kappa shape index (κ2) is 14.9. The number of hydrogen-bond donors (Lipinski definition) is 0. The van der Waals surface area contributed by atoms with E-state index in [1.54, 1.807) is 0 Å². The van der Waals surface area contributed by atoms with Gasteiger partial charge in [-0.05, 0) is 50.0 Å². The number of hydrogen-bond acceptors (Lipinski definition) is 0. The van der Waals surface area contributed by atoms with Crippen molar-refractivity contribution in [3.63, 3.8) is 0 Å². The van der Waals surface area contributed by atoms with Gasteiger partial charge in [0.25, 0.3) is 0 Å². The van der Waals surface area contributed by atoms with Crippen LogP contribution in [0.3, 0.4) is 0 Å². The zero-order chi connectivity index (χ0) is 29.1. The zero-order valence-electron chi connectivity index (χ0n) is 24.8. The Balaban J connectivity index is 1.43. The molecule has 6 rings (SSSR count). The smallest absolute Gasteiger partial charge is 0.0312 e. The van der Waals surface area contributed by atoms with Crippen LogP contribution < -0.4 is 0 Å². The molecule has 0 atom stereocenters. The van der Waals surface area contributed by atoms with E-state index in [4.69, 9.17) is 0 Å². The van der Waals surface area contributed by atoms with Crippen LogP contribution >= 0.6 is 0 Å². The molecule has 43 heavy (non-hydrogen) atoms. The monoisotopic (exact) mass is 604 g/mol. The standard InChI is InChI=1S/C40H40Si3/c1-7-19-31(20-8-1)37(32-21-9-2-10-22-32)41-40(42-38(33-23-11-3-12-24-33)34-25-13-4-14-26-34)43-39(35-27-15-5-16-28-35)36-29-17-6-18-30-36/h1-30,37-40H,41-43H2. The molecule has 6 aromatic carbocycles. The van der Waals surface area contributed by atoms with Gasteiger partial charge in [0.15, 0.2) is 0 Å². The van der Waals surface area contributed by atoms with Crippen LogP contribution in [0.5, 0.6) is 0 Å². The van der Waals surface area contributed by atoms with Gasteiger partial charge < -0.3 is 0 Å². The van der Waals surface area contributed by atoms with Crippen LogP contribution in [0.2, 0.25) is 4.79 Å². The van der Waals surface area contributed by atoms with Crippen LogP contribution in [-0.2, 0) is 0 Å². The molecule has 0 saturated carbocycles. The molecule has 0 fully saturated rings. The summed E-state index contributed by atoms with van der Waals surface area (Å²) >= 11 is 0. The Morgan fingerprint density at radius 2 is 0.395 bits per heavy atom. The fraction of sp³-hybridized carbons (Fsp3) is 0.100. The van der Waals surface area contributed by atoms with Crippen molar-refractivity contribution in [2.45, 2.75) is 21.4 Å². The van der Waals surface area contributed by atoms with Crippen molar-refractivity contribution in [3.05, 3.63) is 215 Å². The fourth-order valence-corrected chi connectivity index (χ4v) is 20.4. The SMILES string of the molecule is c1ccc(C([SiH2]C([SiH2]C(c2ccccc2)c2ccccc2)[SiH2]C(c2ccccc2)c2ccccc2)c2ccccc2)cc1. The molecule has 0 N–H and O–H groups in total. The minimum atomic E-state index is -0.539. The molecular formula is C40H40Si3. The maximum absolute atomic E-state index is 2.38. The van der Waals surface area contributed by atoms with E-state index >= 15 is 0 Å². The van der Waals surface area contributed by atoms with E-state index in [2.05, 4.69) is 182 Å². The van der Waals surface area contributed by atoms with Crippen LogP contribution in [0.4, 0.5) is 0 Å². The summed E-state index contributed by atoms with van der Waals surface area (Å²) in [5, 5.41) is 0. The lowest BCUT2D eigenvalue weighted by Crippen LogP contribution is -2.31. The highest BCUT2D eigenvalue weighted by Gasteiger charge is 2.29. The van der Waals surface area contributed by atoms with Crippen molar-refractivity contribution in [1.82, 2.24) is 0 Å². The van der Waals surface area contributed by atoms with Crippen LogP contribution in [0, 0.1) is 0 Å². The van der Waals surface area contributed by atoms with Crippen molar-refractivity contribution < 1.29 is 0 Å². The summed E-state index contributed by atoms with van der Waals surface area (Å²) in [5.74, 6) is 0. The van der Waals surface area contributed by atoms with Gasteiger partial charge in [0.2, 0.25) is 0 Å². The second-order valence-corrected chi connectivity index (χ2v) is 22.5. The van der Waals surface area contributed by atoms with E-state index < -0.39 is 28.6 Å². The quantitative estimate of drug-likeness (QED) is 0.126. The first-order valence-corrected chi connectivity index (χ1v) is 20.5. The lowest BCUT2D eigenvalue weighted by atomic mass is 10.0. The Labute approximate surface area is 264 Å². The van der Waals surface area contributed by atoms with E-state index in [0.717, 1.165) is 4.79 Å². The Hall–Kier alpha value is -4.03. The van der Waals surface area contributed by atoms with Gasteiger partial charge >= 0.3 is 0 Å². The summed E-state index contributed by atoms with van der Waals surface area (Å²) < 4.78 is 0. The lowest BCUT2D eigenvalue weighted by Gasteiger charge is -2.30. The molecule has 0 saturated heterocycles. The van der Waals surface area contributed by atoms with Crippen molar-refractivity contribution in [2.24, 2.45) is 0 Å². The number of rotatable bonds is 12. The third kappa shape index (κ3) is 7.68. The van der Waals surface area contributed by atoms with Crippen LogP contribution in [0.15, 0.2) is 182 Å². The van der Waals surface area contributed by atoms with Crippen LogP contribution in [0.1, 0.15) is 50.0 Å². The van der Waals surface area contributed by atoms with Crippen molar-refractivity contribution >= 4 is 28.6 Å². The van der Waals surface area contributed by atoms with E-state index in [9.17, 15) is 0 Å². The molecule has 3 heteroatoms. The molecule has 0 bridgehead atoms. The third-order valence-corrected chi connectivity index (χ3v) is 21.2. The largest absolute Gasteiger partial charge is 0.0669 e. The van der Waals surface area contributed by atoms with Gasteiger partial charge in [-0.3, -0.25) is 0 Å². The molecule has 0 nitrogen and oxygen atoms in total. The first-order chi connectivity index (χ1) is 21.3. The Morgan fingerprint density at radius 3 is 0.558 bits per heavy atom. The molecule has 212 valence electrons. The molecule has 0 spiro atoms. The third-order valence-electron chi connectivity index (χ3n) is 8.92. The minimum absolute atomic E-state index is 0.534. The lowest BCUT2D eigenvalue weighted by molar-refractivity contribution is 1.07. The van der Waals surface area contributed by atoms with Crippen molar-refractivity contribution in [3.8, 4) is 0 Å². The molecular weight excluding hydrogens is 565 g/mol. The molecule has 0 aromatic heterocycles. The highest BCUT2D eigenvalue weighted by Crippen LogP contribution is 2.35. The highest BCUT2D eigenvalue weighted by atomic mass is 28.3. The summed E-state index contributed by atoms with van der Waals surface area (Å²) in [6, 6.07) is 68.3. The zero-order valence-corrected chi connectivity index (χ0v) is 29.0. The topological polar surface area (TPSA) is 0 Å². The Morgan fingerprint density at radius 1 is 0.233 bits per heavy atom. The van der Waals surface area contributed by atoms with Gasteiger partial charge in [-0.1, -0.05) is 187 Å². The predicted molar refractivity (Wildman–Crippen MR) is 194 cm³/mol. The van der Waals surface area contributed by atoms with E-state index in [1.165, 1.54) is 33.4 Å². The van der Waals surface area contributed by atoms with E-state index in [0.29, 0.717) is 16.6 Å².